The van der Waals surface area contributed by atoms with Gasteiger partial charge in [0.25, 0.3) is 0 Å². The Bertz CT molecular complexity index is 946. The number of benzene rings is 2. The summed E-state index contributed by atoms with van der Waals surface area (Å²) in [6, 6.07) is 12.9. The molecule has 2 rings (SSSR count). The average molecular weight is 420 g/mol. The molecule has 0 aliphatic heterocycles. The van der Waals surface area contributed by atoms with E-state index in [0.29, 0.717) is 31.4 Å². The highest BCUT2D eigenvalue weighted by atomic mass is 32.2. The number of para-hydroxylation sites is 1. The quantitative estimate of drug-likeness (QED) is 0.352. The normalized spacial score (nSPS) is 11.7. The molecule has 6 nitrogen and oxygen atoms in total. The maximum Gasteiger partial charge on any atom is 0.191 e. The summed E-state index contributed by atoms with van der Waals surface area (Å²) in [4.78, 5) is 4.19. The molecule has 0 bridgehead atoms. The lowest BCUT2D eigenvalue weighted by Crippen LogP contribution is -2.39. The summed E-state index contributed by atoms with van der Waals surface area (Å²) >= 11 is 0. The van der Waals surface area contributed by atoms with Gasteiger partial charge in [-0.05, 0) is 25.1 Å². The minimum Gasteiger partial charge on any atom is -0.489 e. The van der Waals surface area contributed by atoms with Gasteiger partial charge in [0.2, 0.25) is 0 Å². The second-order valence-corrected chi connectivity index (χ2v) is 8.16. The molecule has 0 radical (unpaired) electrons. The minimum atomic E-state index is -3.74. The van der Waals surface area contributed by atoms with Gasteiger partial charge >= 0.3 is 0 Å². The zero-order valence-electron chi connectivity index (χ0n) is 16.4. The summed E-state index contributed by atoms with van der Waals surface area (Å²) in [5.41, 5.74) is 0.894. The fourth-order valence-corrected chi connectivity index (χ4v) is 3.78. The van der Waals surface area contributed by atoms with Crippen LogP contribution in [0.15, 0.2) is 71.1 Å². The van der Waals surface area contributed by atoms with Crippen LogP contribution < -0.4 is 15.4 Å². The summed E-state index contributed by atoms with van der Waals surface area (Å²) < 4.78 is 44.1. The van der Waals surface area contributed by atoms with Crippen molar-refractivity contribution in [3.63, 3.8) is 0 Å². The van der Waals surface area contributed by atoms with Crippen molar-refractivity contribution in [1.29, 1.82) is 0 Å². The maximum atomic E-state index is 13.8. The van der Waals surface area contributed by atoms with E-state index >= 15 is 0 Å². The van der Waals surface area contributed by atoms with Crippen molar-refractivity contribution in [3.05, 3.63) is 72.6 Å². The lowest BCUT2D eigenvalue weighted by molar-refractivity contribution is 0.359. The second kappa shape index (κ2) is 11.2. The molecule has 0 saturated heterocycles. The van der Waals surface area contributed by atoms with E-state index < -0.39 is 15.7 Å². The van der Waals surface area contributed by atoms with Crippen LogP contribution in [0.4, 0.5) is 4.39 Å². The third-order valence-electron chi connectivity index (χ3n) is 3.92. The van der Waals surface area contributed by atoms with E-state index in [9.17, 15) is 12.8 Å². The molecule has 2 aromatic rings. The van der Waals surface area contributed by atoms with E-state index in [1.807, 2.05) is 31.2 Å². The van der Waals surface area contributed by atoms with Gasteiger partial charge in [-0.1, -0.05) is 43.0 Å². The summed E-state index contributed by atoms with van der Waals surface area (Å²) in [5, 5.41) is 6.05. The van der Waals surface area contributed by atoms with E-state index in [4.69, 9.17) is 4.74 Å². The standard InChI is InChI=1S/C21H26FN3O3S/c1-3-14-28-19-11-7-5-9-17(19)16-25-21(23-4-2)24-13-15-29(26,27)20-12-8-6-10-18(20)22/h3,5-12H,1,4,13-16H2,2H3,(H2,23,24,25). The Morgan fingerprint density at radius 3 is 2.62 bits per heavy atom. The first kappa shape index (κ1) is 22.4. The Balaban J connectivity index is 2.01. The van der Waals surface area contributed by atoms with Crippen molar-refractivity contribution < 1.29 is 17.5 Å². The van der Waals surface area contributed by atoms with Crippen LogP contribution in [0, 0.1) is 5.82 Å². The molecular formula is C21H26FN3O3S. The monoisotopic (exact) mass is 419 g/mol. The topological polar surface area (TPSA) is 79.8 Å². The minimum absolute atomic E-state index is 0.0944. The van der Waals surface area contributed by atoms with E-state index in [-0.39, 0.29) is 17.2 Å². The van der Waals surface area contributed by atoms with Crippen LogP contribution in [0.5, 0.6) is 5.75 Å². The molecule has 8 heteroatoms. The molecule has 0 aromatic heterocycles. The molecule has 0 fully saturated rings. The molecule has 0 atom stereocenters. The smallest absolute Gasteiger partial charge is 0.191 e. The fourth-order valence-electron chi connectivity index (χ4n) is 2.54. The predicted octanol–water partition coefficient (Wildman–Crippen LogP) is 2.92. The van der Waals surface area contributed by atoms with E-state index in [0.717, 1.165) is 11.6 Å². The number of nitrogens with one attached hydrogen (secondary N) is 2. The van der Waals surface area contributed by atoms with E-state index in [1.54, 1.807) is 6.08 Å². The molecule has 0 spiro atoms. The van der Waals surface area contributed by atoms with Gasteiger partial charge < -0.3 is 15.4 Å². The van der Waals surface area contributed by atoms with Crippen LogP contribution in [0.25, 0.3) is 0 Å². The average Bonchev–Trinajstić information content (AvgIpc) is 2.71. The van der Waals surface area contributed by atoms with Crippen molar-refractivity contribution in [3.8, 4) is 5.75 Å². The van der Waals surface area contributed by atoms with Gasteiger partial charge in [0.05, 0.1) is 12.3 Å². The van der Waals surface area contributed by atoms with Gasteiger partial charge in [-0.2, -0.15) is 0 Å². The number of sulfone groups is 1. The summed E-state index contributed by atoms with van der Waals surface area (Å²) in [6.45, 7) is 7.00. The van der Waals surface area contributed by atoms with E-state index in [1.165, 1.54) is 18.2 Å². The fraction of sp³-hybridized carbons (Fsp3) is 0.286. The lowest BCUT2D eigenvalue weighted by Gasteiger charge is -2.13. The van der Waals surface area contributed by atoms with Crippen molar-refractivity contribution in [2.45, 2.75) is 18.4 Å². The van der Waals surface area contributed by atoms with Crippen molar-refractivity contribution in [2.24, 2.45) is 4.99 Å². The third kappa shape index (κ3) is 6.90. The molecule has 0 saturated carbocycles. The molecule has 0 aliphatic rings. The highest BCUT2D eigenvalue weighted by Gasteiger charge is 2.18. The van der Waals surface area contributed by atoms with Gasteiger partial charge in [0.1, 0.15) is 23.1 Å². The Labute approximate surface area is 171 Å². The maximum absolute atomic E-state index is 13.8. The van der Waals surface area contributed by atoms with Crippen LogP contribution in [0.3, 0.4) is 0 Å². The van der Waals surface area contributed by atoms with Gasteiger partial charge in [0.15, 0.2) is 15.8 Å². The van der Waals surface area contributed by atoms with Gasteiger partial charge in [0, 0.05) is 18.7 Å². The second-order valence-electron chi connectivity index (χ2n) is 6.08. The number of halogens is 1. The zero-order chi connectivity index (χ0) is 21.1. The molecule has 0 aliphatic carbocycles. The Morgan fingerprint density at radius 1 is 1.17 bits per heavy atom. The van der Waals surface area contributed by atoms with Crippen molar-refractivity contribution in [2.75, 3.05) is 25.4 Å². The first-order chi connectivity index (χ1) is 14.0. The predicted molar refractivity (Wildman–Crippen MR) is 113 cm³/mol. The summed E-state index contributed by atoms with van der Waals surface area (Å²) in [7, 11) is -3.74. The molecule has 29 heavy (non-hydrogen) atoms. The zero-order valence-corrected chi connectivity index (χ0v) is 17.2. The molecular weight excluding hydrogens is 393 g/mol. The SMILES string of the molecule is C=CCOc1ccccc1CN=C(NCC)NCCS(=O)(=O)c1ccccc1F. The van der Waals surface area contributed by atoms with E-state index in [2.05, 4.69) is 22.2 Å². The highest BCUT2D eigenvalue weighted by Crippen LogP contribution is 2.19. The summed E-state index contributed by atoms with van der Waals surface area (Å²) in [6.07, 6.45) is 1.67. The van der Waals surface area contributed by atoms with Gasteiger partial charge in [-0.3, -0.25) is 0 Å². The lowest BCUT2D eigenvalue weighted by atomic mass is 10.2. The van der Waals surface area contributed by atoms with Crippen LogP contribution >= 0.6 is 0 Å². The molecule has 2 aromatic carbocycles. The van der Waals surface area contributed by atoms with Crippen LogP contribution in [-0.4, -0.2) is 39.8 Å². The first-order valence-electron chi connectivity index (χ1n) is 9.29. The highest BCUT2D eigenvalue weighted by molar-refractivity contribution is 7.91. The number of hydrogen-bond donors (Lipinski definition) is 2. The Kier molecular flexibility index (Phi) is 8.67. The number of rotatable bonds is 10. The molecule has 0 heterocycles. The molecule has 2 N–H and O–H groups in total. The number of aliphatic imine (C=N–C) groups is 1. The van der Waals surface area contributed by atoms with Crippen LogP contribution in [0.2, 0.25) is 0 Å². The number of ether oxygens (including phenoxy) is 1. The summed E-state index contributed by atoms with van der Waals surface area (Å²) in [5.74, 6) is 0.185. The van der Waals surface area contributed by atoms with Crippen LogP contribution in [-0.2, 0) is 16.4 Å². The Hall–Kier alpha value is -2.87. The van der Waals surface area contributed by atoms with Crippen LogP contribution in [0.1, 0.15) is 12.5 Å². The van der Waals surface area contributed by atoms with Crippen molar-refractivity contribution in [1.82, 2.24) is 10.6 Å². The largest absolute Gasteiger partial charge is 0.489 e. The van der Waals surface area contributed by atoms with Crippen molar-refractivity contribution >= 4 is 15.8 Å². The first-order valence-corrected chi connectivity index (χ1v) is 10.9. The molecule has 0 unspecified atom stereocenters. The number of guanidine groups is 1. The number of hydrogen-bond acceptors (Lipinski definition) is 4. The van der Waals surface area contributed by atoms with Gasteiger partial charge in [-0.25, -0.2) is 17.8 Å². The van der Waals surface area contributed by atoms with Gasteiger partial charge in [-0.15, -0.1) is 0 Å². The molecule has 0 amide bonds. The molecule has 156 valence electrons. The third-order valence-corrected chi connectivity index (χ3v) is 5.66. The number of nitrogens with zero attached hydrogens (tertiary/aromatic N) is 1. The Morgan fingerprint density at radius 2 is 1.90 bits per heavy atom.